The number of nitrogens with zero attached hydrogens (tertiary/aromatic N) is 1. The molecular formula is C16H19FN2. The van der Waals surface area contributed by atoms with E-state index in [0.717, 1.165) is 24.1 Å². The zero-order valence-electron chi connectivity index (χ0n) is 11.4. The van der Waals surface area contributed by atoms with Crippen LogP contribution in [-0.2, 0) is 0 Å². The third kappa shape index (κ3) is 3.18. The molecule has 0 fully saturated rings. The van der Waals surface area contributed by atoms with Crippen LogP contribution in [0.15, 0.2) is 42.6 Å². The van der Waals surface area contributed by atoms with E-state index in [0.29, 0.717) is 5.69 Å². The zero-order valence-corrected chi connectivity index (χ0v) is 11.4. The Morgan fingerprint density at radius 1 is 1.21 bits per heavy atom. The summed E-state index contributed by atoms with van der Waals surface area (Å²) in [5.41, 5.74) is 2.68. The fourth-order valence-electron chi connectivity index (χ4n) is 2.16. The summed E-state index contributed by atoms with van der Waals surface area (Å²) < 4.78 is 14.0. The zero-order chi connectivity index (χ0) is 13.7. The van der Waals surface area contributed by atoms with Crippen LogP contribution in [0.4, 0.5) is 4.39 Å². The van der Waals surface area contributed by atoms with Gasteiger partial charge in [0.1, 0.15) is 5.82 Å². The fourth-order valence-corrected chi connectivity index (χ4v) is 2.16. The van der Waals surface area contributed by atoms with Gasteiger partial charge in [0.2, 0.25) is 0 Å². The minimum absolute atomic E-state index is 0.192. The van der Waals surface area contributed by atoms with E-state index in [4.69, 9.17) is 0 Å². The molecule has 0 saturated heterocycles. The third-order valence-electron chi connectivity index (χ3n) is 3.16. The molecule has 2 nitrogen and oxygen atoms in total. The van der Waals surface area contributed by atoms with E-state index in [9.17, 15) is 4.39 Å². The van der Waals surface area contributed by atoms with Crippen molar-refractivity contribution < 1.29 is 4.39 Å². The number of halogens is 1. The standard InChI is InChI=1S/C16H19FN2/c1-3-10-18-15(13-8-5-4-7-12(13)2)16-14(17)9-6-11-19-16/h4-9,11,15,18H,3,10H2,1-2H3. The van der Waals surface area contributed by atoms with E-state index < -0.39 is 0 Å². The normalized spacial score (nSPS) is 12.4. The quantitative estimate of drug-likeness (QED) is 0.886. The van der Waals surface area contributed by atoms with Crippen molar-refractivity contribution in [3.05, 3.63) is 65.2 Å². The topological polar surface area (TPSA) is 24.9 Å². The van der Waals surface area contributed by atoms with Gasteiger partial charge in [-0.15, -0.1) is 0 Å². The van der Waals surface area contributed by atoms with Crippen LogP contribution in [0.25, 0.3) is 0 Å². The van der Waals surface area contributed by atoms with Gasteiger partial charge in [-0.3, -0.25) is 4.98 Å². The molecule has 1 unspecified atom stereocenters. The monoisotopic (exact) mass is 258 g/mol. The first kappa shape index (κ1) is 13.7. The first-order chi connectivity index (χ1) is 9.24. The van der Waals surface area contributed by atoms with Crippen molar-refractivity contribution in [3.63, 3.8) is 0 Å². The van der Waals surface area contributed by atoms with Gasteiger partial charge in [-0.25, -0.2) is 4.39 Å². The van der Waals surface area contributed by atoms with Crippen molar-refractivity contribution in [2.75, 3.05) is 6.54 Å². The summed E-state index contributed by atoms with van der Waals surface area (Å²) >= 11 is 0. The molecule has 2 aromatic rings. The van der Waals surface area contributed by atoms with Gasteiger partial charge in [0.25, 0.3) is 0 Å². The summed E-state index contributed by atoms with van der Waals surface area (Å²) in [6.45, 7) is 4.96. The Balaban J connectivity index is 2.42. The summed E-state index contributed by atoms with van der Waals surface area (Å²) in [5, 5.41) is 3.38. The van der Waals surface area contributed by atoms with E-state index in [1.807, 2.05) is 31.2 Å². The SMILES string of the molecule is CCCNC(c1ccccc1C)c1ncccc1F. The number of pyridine rings is 1. The number of hydrogen-bond acceptors (Lipinski definition) is 2. The van der Waals surface area contributed by atoms with Crippen LogP contribution in [0, 0.1) is 12.7 Å². The molecule has 0 spiro atoms. The minimum Gasteiger partial charge on any atom is -0.305 e. The van der Waals surface area contributed by atoms with Gasteiger partial charge in [0, 0.05) is 6.20 Å². The lowest BCUT2D eigenvalue weighted by atomic mass is 9.98. The number of nitrogens with one attached hydrogen (secondary N) is 1. The van der Waals surface area contributed by atoms with E-state index in [2.05, 4.69) is 17.2 Å². The second-order valence-corrected chi connectivity index (χ2v) is 4.61. The molecule has 2 rings (SSSR count). The Bertz CT molecular complexity index is 494. The second-order valence-electron chi connectivity index (χ2n) is 4.61. The van der Waals surface area contributed by atoms with Crippen LogP contribution in [0.5, 0.6) is 0 Å². The minimum atomic E-state index is -0.264. The average molecular weight is 258 g/mol. The maximum Gasteiger partial charge on any atom is 0.146 e. The summed E-state index contributed by atoms with van der Waals surface area (Å²) in [5.74, 6) is -0.264. The molecule has 1 aromatic carbocycles. The fraction of sp³-hybridized carbons (Fsp3) is 0.312. The maximum absolute atomic E-state index is 14.0. The largest absolute Gasteiger partial charge is 0.305 e. The van der Waals surface area contributed by atoms with Crippen LogP contribution in [-0.4, -0.2) is 11.5 Å². The van der Waals surface area contributed by atoms with Crippen molar-refractivity contribution in [3.8, 4) is 0 Å². The molecule has 0 amide bonds. The summed E-state index contributed by atoms with van der Waals surface area (Å²) in [6.07, 6.45) is 2.63. The van der Waals surface area contributed by atoms with E-state index in [1.165, 1.54) is 6.07 Å². The molecule has 1 atom stereocenters. The third-order valence-corrected chi connectivity index (χ3v) is 3.16. The van der Waals surface area contributed by atoms with Crippen molar-refractivity contribution in [2.24, 2.45) is 0 Å². The summed E-state index contributed by atoms with van der Waals surface area (Å²) in [7, 11) is 0. The molecule has 19 heavy (non-hydrogen) atoms. The molecule has 3 heteroatoms. The highest BCUT2D eigenvalue weighted by molar-refractivity contribution is 5.34. The highest BCUT2D eigenvalue weighted by Crippen LogP contribution is 2.25. The molecule has 1 heterocycles. The predicted molar refractivity (Wildman–Crippen MR) is 75.5 cm³/mol. The molecule has 0 bridgehead atoms. The van der Waals surface area contributed by atoms with Gasteiger partial charge in [0.05, 0.1) is 11.7 Å². The summed E-state index contributed by atoms with van der Waals surface area (Å²) in [4.78, 5) is 4.21. The highest BCUT2D eigenvalue weighted by atomic mass is 19.1. The van der Waals surface area contributed by atoms with E-state index >= 15 is 0 Å². The predicted octanol–water partition coefficient (Wildman–Crippen LogP) is 3.62. The van der Waals surface area contributed by atoms with Crippen LogP contribution in [0.1, 0.15) is 36.2 Å². The molecule has 0 saturated carbocycles. The number of aryl methyl sites for hydroxylation is 1. The second kappa shape index (κ2) is 6.43. The van der Waals surface area contributed by atoms with Crippen LogP contribution < -0.4 is 5.32 Å². The van der Waals surface area contributed by atoms with Gasteiger partial charge in [-0.1, -0.05) is 31.2 Å². The molecule has 0 radical (unpaired) electrons. The number of benzene rings is 1. The number of aromatic nitrogens is 1. The van der Waals surface area contributed by atoms with Crippen LogP contribution >= 0.6 is 0 Å². The number of hydrogen-bond donors (Lipinski definition) is 1. The van der Waals surface area contributed by atoms with Gasteiger partial charge in [-0.2, -0.15) is 0 Å². The smallest absolute Gasteiger partial charge is 0.146 e. The lowest BCUT2D eigenvalue weighted by Gasteiger charge is -2.20. The molecular weight excluding hydrogens is 239 g/mol. The van der Waals surface area contributed by atoms with Crippen molar-refractivity contribution in [2.45, 2.75) is 26.3 Å². The van der Waals surface area contributed by atoms with Crippen molar-refractivity contribution in [1.29, 1.82) is 0 Å². The molecule has 0 aliphatic carbocycles. The van der Waals surface area contributed by atoms with E-state index in [-0.39, 0.29) is 11.9 Å². The molecule has 1 aromatic heterocycles. The highest BCUT2D eigenvalue weighted by Gasteiger charge is 2.19. The van der Waals surface area contributed by atoms with Gasteiger partial charge >= 0.3 is 0 Å². The Kier molecular flexibility index (Phi) is 4.63. The Labute approximate surface area is 113 Å². The van der Waals surface area contributed by atoms with E-state index in [1.54, 1.807) is 12.3 Å². The molecule has 0 aliphatic heterocycles. The van der Waals surface area contributed by atoms with Crippen molar-refractivity contribution >= 4 is 0 Å². The van der Waals surface area contributed by atoms with Crippen LogP contribution in [0.3, 0.4) is 0 Å². The van der Waals surface area contributed by atoms with Crippen LogP contribution in [0.2, 0.25) is 0 Å². The first-order valence-corrected chi connectivity index (χ1v) is 6.63. The van der Waals surface area contributed by atoms with Crippen molar-refractivity contribution in [1.82, 2.24) is 10.3 Å². The van der Waals surface area contributed by atoms with Gasteiger partial charge < -0.3 is 5.32 Å². The average Bonchev–Trinajstić information content (AvgIpc) is 2.42. The molecule has 100 valence electrons. The summed E-state index contributed by atoms with van der Waals surface area (Å²) in [6, 6.07) is 10.9. The molecule has 0 aliphatic rings. The Hall–Kier alpha value is -1.74. The number of rotatable bonds is 5. The molecule has 1 N–H and O–H groups in total. The Morgan fingerprint density at radius 3 is 2.68 bits per heavy atom. The lowest BCUT2D eigenvalue weighted by molar-refractivity contribution is 0.530. The van der Waals surface area contributed by atoms with Gasteiger partial charge in [-0.05, 0) is 43.1 Å². The Morgan fingerprint density at radius 2 is 2.00 bits per heavy atom. The van der Waals surface area contributed by atoms with Gasteiger partial charge in [0.15, 0.2) is 0 Å². The first-order valence-electron chi connectivity index (χ1n) is 6.63. The lowest BCUT2D eigenvalue weighted by Crippen LogP contribution is -2.25. The maximum atomic E-state index is 14.0.